The maximum absolute atomic E-state index is 11.3. The maximum Gasteiger partial charge on any atom is 0.216 e. The lowest BCUT2D eigenvalue weighted by atomic mass is 10.2. The van der Waals surface area contributed by atoms with Crippen molar-refractivity contribution < 1.29 is 9.53 Å². The second-order valence-electron chi connectivity index (χ2n) is 10.1. The smallest absolute Gasteiger partial charge is 0.216 e. The number of ether oxygens (including phenoxy) is 1. The standard InChI is InChI=1S/C33H31ClN6O2S/c1-24(41)35-15-17-39-16-14-30-32(39)33(37-23-36-30)38-27-12-13-31(29(34)18-27)42-28-20-40(19-25-8-4-2-5-9-25)43(22-28)21-26-10-6-3-7-11-26/h2-14,16,18,20,22-23H,15,17,19,21H2,1H3,(H,35,41)(H,36,37,38). The highest BCUT2D eigenvalue weighted by atomic mass is 35.5. The number of carbonyl (C=O) groups is 1. The van der Waals surface area contributed by atoms with Gasteiger partial charge in [-0.3, -0.25) is 4.79 Å². The Labute approximate surface area is 258 Å². The molecule has 5 aromatic rings. The van der Waals surface area contributed by atoms with Crippen molar-refractivity contribution in [1.29, 1.82) is 0 Å². The van der Waals surface area contributed by atoms with E-state index in [0.717, 1.165) is 34.8 Å². The molecule has 1 aliphatic heterocycles. The van der Waals surface area contributed by atoms with Gasteiger partial charge in [-0.1, -0.05) is 82.9 Å². The quantitative estimate of drug-likeness (QED) is 0.159. The topological polar surface area (TPSA) is 84.3 Å². The summed E-state index contributed by atoms with van der Waals surface area (Å²) >= 11 is 6.74. The Hall–Kier alpha value is -4.60. The minimum Gasteiger partial charge on any atom is -0.454 e. The number of aromatic nitrogens is 3. The first-order valence-corrected chi connectivity index (χ1v) is 15.7. The summed E-state index contributed by atoms with van der Waals surface area (Å²) in [5.41, 5.74) is 4.95. The van der Waals surface area contributed by atoms with E-state index in [-0.39, 0.29) is 16.6 Å². The number of nitrogens with one attached hydrogen (secondary N) is 2. The van der Waals surface area contributed by atoms with E-state index < -0.39 is 0 Å². The van der Waals surface area contributed by atoms with Crippen molar-refractivity contribution in [2.75, 3.05) is 11.9 Å². The second kappa shape index (κ2) is 13.1. The zero-order valence-electron chi connectivity index (χ0n) is 23.6. The fraction of sp³-hybridized carbons (Fsp3) is 0.152. The van der Waals surface area contributed by atoms with Crippen LogP contribution in [0.2, 0.25) is 5.02 Å². The molecule has 0 saturated carbocycles. The third-order valence-corrected chi connectivity index (χ3v) is 9.13. The fourth-order valence-corrected chi connectivity index (χ4v) is 6.91. The van der Waals surface area contributed by atoms with Gasteiger partial charge in [0.2, 0.25) is 5.91 Å². The van der Waals surface area contributed by atoms with Gasteiger partial charge in [0.1, 0.15) is 17.6 Å². The lowest BCUT2D eigenvalue weighted by Gasteiger charge is -2.21. The van der Waals surface area contributed by atoms with Crippen LogP contribution < -0.4 is 15.4 Å². The number of allylic oxidation sites excluding steroid dienone is 1. The van der Waals surface area contributed by atoms with Gasteiger partial charge in [0.25, 0.3) is 0 Å². The van der Waals surface area contributed by atoms with Gasteiger partial charge in [-0.15, -0.1) is 0 Å². The summed E-state index contributed by atoms with van der Waals surface area (Å²) in [4.78, 5) is 20.2. The number of carbonyl (C=O) groups excluding carboxylic acids is 1. The van der Waals surface area contributed by atoms with Gasteiger partial charge >= 0.3 is 0 Å². The highest BCUT2D eigenvalue weighted by Gasteiger charge is 2.18. The molecule has 0 spiro atoms. The van der Waals surface area contributed by atoms with Gasteiger partial charge in [0.15, 0.2) is 11.6 Å². The van der Waals surface area contributed by atoms with Gasteiger partial charge in [-0.2, -0.15) is 0 Å². The van der Waals surface area contributed by atoms with E-state index in [4.69, 9.17) is 16.3 Å². The third kappa shape index (κ3) is 7.07. The third-order valence-electron chi connectivity index (χ3n) is 6.86. The highest BCUT2D eigenvalue weighted by Crippen LogP contribution is 2.36. The molecule has 3 heterocycles. The number of anilines is 2. The molecule has 1 amide bonds. The van der Waals surface area contributed by atoms with Crippen molar-refractivity contribution in [3.8, 4) is 5.75 Å². The molecule has 1 atom stereocenters. The molecule has 43 heavy (non-hydrogen) atoms. The molecule has 0 bridgehead atoms. The molecular weight excluding hydrogens is 580 g/mol. The molecule has 0 saturated heterocycles. The number of hydrogen-bond donors (Lipinski definition) is 2. The zero-order valence-corrected chi connectivity index (χ0v) is 25.2. The summed E-state index contributed by atoms with van der Waals surface area (Å²) in [6.07, 6.45) is 5.54. The van der Waals surface area contributed by atoms with Crippen molar-refractivity contribution >= 4 is 56.1 Å². The maximum atomic E-state index is 11.3. The summed E-state index contributed by atoms with van der Waals surface area (Å²) in [6, 6.07) is 28.5. The Morgan fingerprint density at radius 3 is 2.49 bits per heavy atom. The van der Waals surface area contributed by atoms with Crippen molar-refractivity contribution in [3.63, 3.8) is 0 Å². The van der Waals surface area contributed by atoms with Crippen molar-refractivity contribution in [2.24, 2.45) is 0 Å². The van der Waals surface area contributed by atoms with E-state index in [2.05, 4.69) is 85.0 Å². The fourth-order valence-electron chi connectivity index (χ4n) is 4.84. The van der Waals surface area contributed by atoms with Crippen LogP contribution in [0.3, 0.4) is 0 Å². The van der Waals surface area contributed by atoms with E-state index in [1.807, 2.05) is 47.2 Å². The average Bonchev–Trinajstić information content (AvgIpc) is 3.59. The number of benzene rings is 3. The largest absolute Gasteiger partial charge is 0.454 e. The molecule has 218 valence electrons. The Morgan fingerprint density at radius 1 is 0.977 bits per heavy atom. The summed E-state index contributed by atoms with van der Waals surface area (Å²) in [6.45, 7) is 3.40. The van der Waals surface area contributed by atoms with Crippen molar-refractivity contribution in [2.45, 2.75) is 25.8 Å². The Kier molecular flexibility index (Phi) is 8.72. The van der Waals surface area contributed by atoms with E-state index in [9.17, 15) is 4.79 Å². The van der Waals surface area contributed by atoms with Crippen LogP contribution in [-0.4, -0.2) is 36.7 Å². The van der Waals surface area contributed by atoms with Crippen LogP contribution in [-0.2, 0) is 23.6 Å². The molecular formula is C33H31ClN6O2S. The number of halogens is 1. The number of hydrogen-bond acceptors (Lipinski definition) is 6. The first kappa shape index (κ1) is 28.5. The predicted molar refractivity (Wildman–Crippen MR) is 175 cm³/mol. The minimum absolute atomic E-state index is 0.0648. The number of amides is 1. The van der Waals surface area contributed by atoms with Gasteiger partial charge in [0, 0.05) is 43.0 Å². The molecule has 6 rings (SSSR count). The van der Waals surface area contributed by atoms with E-state index in [1.54, 1.807) is 0 Å². The summed E-state index contributed by atoms with van der Waals surface area (Å²) in [5.74, 6) is 2.83. The number of fused-ring (bicyclic) bond motifs is 1. The zero-order chi connectivity index (χ0) is 29.6. The Balaban J connectivity index is 1.19. The molecule has 2 N–H and O–H groups in total. The Bertz CT molecular complexity index is 1810. The lowest BCUT2D eigenvalue weighted by molar-refractivity contribution is -0.118. The van der Waals surface area contributed by atoms with Crippen LogP contribution in [0.25, 0.3) is 11.0 Å². The van der Waals surface area contributed by atoms with Gasteiger partial charge in [-0.25, -0.2) is 9.97 Å². The number of nitrogens with zero attached hydrogens (tertiary/aromatic N) is 4. The van der Waals surface area contributed by atoms with Gasteiger partial charge < -0.3 is 24.2 Å². The Morgan fingerprint density at radius 2 is 1.74 bits per heavy atom. The summed E-state index contributed by atoms with van der Waals surface area (Å²) in [5, 5.41) is 8.87. The van der Waals surface area contributed by atoms with Crippen LogP contribution in [0.1, 0.15) is 18.1 Å². The highest BCUT2D eigenvalue weighted by molar-refractivity contribution is 8.12. The van der Waals surface area contributed by atoms with Crippen LogP contribution in [0.15, 0.2) is 109 Å². The normalized spacial score (nSPS) is 14.3. The van der Waals surface area contributed by atoms with Crippen LogP contribution >= 0.6 is 22.3 Å². The second-order valence-corrected chi connectivity index (χ2v) is 12.3. The predicted octanol–water partition coefficient (Wildman–Crippen LogP) is 6.89. The van der Waals surface area contributed by atoms with Crippen LogP contribution in [0.4, 0.5) is 11.5 Å². The molecule has 2 aromatic heterocycles. The first-order chi connectivity index (χ1) is 21.0. The van der Waals surface area contributed by atoms with Crippen LogP contribution in [0.5, 0.6) is 5.75 Å². The molecule has 8 nitrogen and oxygen atoms in total. The first-order valence-electron chi connectivity index (χ1n) is 13.9. The summed E-state index contributed by atoms with van der Waals surface area (Å²) < 4.78 is 10.7. The lowest BCUT2D eigenvalue weighted by Crippen LogP contribution is -2.24. The monoisotopic (exact) mass is 610 g/mol. The molecule has 1 aliphatic rings. The van der Waals surface area contributed by atoms with E-state index in [0.29, 0.717) is 29.7 Å². The van der Waals surface area contributed by atoms with E-state index >= 15 is 0 Å². The average molecular weight is 611 g/mol. The van der Waals surface area contributed by atoms with Crippen molar-refractivity contribution in [3.05, 3.63) is 126 Å². The van der Waals surface area contributed by atoms with Crippen LogP contribution in [0, 0.1) is 0 Å². The van der Waals surface area contributed by atoms with Crippen molar-refractivity contribution in [1.82, 2.24) is 24.2 Å². The molecule has 1 unspecified atom stereocenters. The SMILES string of the molecule is CC(=O)NCCn1ccc2ncnc(Nc3ccc(OC4=CN(Cc5ccccc5)S(Cc5ccccc5)=C4)c(Cl)c3)c21. The van der Waals surface area contributed by atoms with Gasteiger partial charge in [0.05, 0.1) is 23.3 Å². The van der Waals surface area contributed by atoms with Gasteiger partial charge in [-0.05, 0) is 35.4 Å². The molecule has 0 fully saturated rings. The molecule has 0 aliphatic carbocycles. The summed E-state index contributed by atoms with van der Waals surface area (Å²) in [7, 11) is -0.179. The molecule has 3 aromatic carbocycles. The minimum atomic E-state index is -0.179. The molecule has 0 radical (unpaired) electrons. The van der Waals surface area contributed by atoms with E-state index in [1.165, 1.54) is 24.4 Å². The molecule has 10 heteroatoms. The number of rotatable bonds is 11.